The molecule has 6 heteroatoms. The highest BCUT2D eigenvalue weighted by molar-refractivity contribution is 5.85. The fourth-order valence-corrected chi connectivity index (χ4v) is 1.13. The van der Waals surface area contributed by atoms with Gasteiger partial charge in [0.25, 0.3) is 0 Å². The van der Waals surface area contributed by atoms with Crippen LogP contribution < -0.4 is 5.32 Å². The Bertz CT molecular complexity index is 300. The third-order valence-electron chi connectivity index (χ3n) is 2.68. The van der Waals surface area contributed by atoms with Crippen LogP contribution in [0.25, 0.3) is 0 Å². The van der Waals surface area contributed by atoms with Crippen LogP contribution in [-0.2, 0) is 14.4 Å². The number of hydrogen-bond acceptors (Lipinski definition) is 3. The number of carboxylic acid groups (broad SMARTS) is 2. The first-order valence-corrected chi connectivity index (χ1v) is 5.50. The Balaban J connectivity index is 4.39. The minimum atomic E-state index is -1.21. The lowest BCUT2D eigenvalue weighted by Crippen LogP contribution is -2.44. The van der Waals surface area contributed by atoms with E-state index in [1.54, 1.807) is 6.92 Å². The Hall–Kier alpha value is -1.59. The molecule has 0 unspecified atom stereocenters. The Morgan fingerprint density at radius 1 is 1.12 bits per heavy atom. The van der Waals surface area contributed by atoms with E-state index < -0.39 is 18.0 Å². The van der Waals surface area contributed by atoms with Gasteiger partial charge in [0.15, 0.2) is 0 Å². The molecule has 0 aromatic carbocycles. The van der Waals surface area contributed by atoms with E-state index >= 15 is 0 Å². The number of rotatable bonds is 7. The fraction of sp³-hybridized carbons (Fsp3) is 0.727. The van der Waals surface area contributed by atoms with Gasteiger partial charge in [-0.25, -0.2) is 4.79 Å². The molecule has 0 fully saturated rings. The average Bonchev–Trinajstić information content (AvgIpc) is 2.21. The summed E-state index contributed by atoms with van der Waals surface area (Å²) in [7, 11) is 0. The second kappa shape index (κ2) is 6.88. The van der Waals surface area contributed by atoms with Crippen LogP contribution in [0.15, 0.2) is 0 Å². The second-order valence-corrected chi connectivity index (χ2v) is 4.36. The van der Waals surface area contributed by atoms with Crippen molar-refractivity contribution >= 4 is 17.8 Å². The van der Waals surface area contributed by atoms with Gasteiger partial charge in [-0.05, 0) is 12.3 Å². The van der Waals surface area contributed by atoms with E-state index in [-0.39, 0.29) is 30.6 Å². The largest absolute Gasteiger partial charge is 0.481 e. The summed E-state index contributed by atoms with van der Waals surface area (Å²) in [5.74, 6) is -2.86. The predicted octanol–water partition coefficient (Wildman–Crippen LogP) is 0.713. The maximum Gasteiger partial charge on any atom is 0.326 e. The lowest BCUT2D eigenvalue weighted by Gasteiger charge is -2.19. The van der Waals surface area contributed by atoms with Gasteiger partial charge in [-0.15, -0.1) is 0 Å². The first-order chi connectivity index (χ1) is 7.75. The van der Waals surface area contributed by atoms with Crippen LogP contribution in [-0.4, -0.2) is 34.1 Å². The van der Waals surface area contributed by atoms with E-state index in [0.29, 0.717) is 0 Å². The van der Waals surface area contributed by atoms with Crippen LogP contribution in [0.1, 0.15) is 33.6 Å². The summed E-state index contributed by atoms with van der Waals surface area (Å²) in [6, 6.07) is -1.14. The number of nitrogens with one attached hydrogen (secondary N) is 1. The monoisotopic (exact) mass is 245 g/mol. The molecule has 0 aromatic heterocycles. The zero-order chi connectivity index (χ0) is 13.6. The van der Waals surface area contributed by atoms with Gasteiger partial charge >= 0.3 is 11.9 Å². The van der Waals surface area contributed by atoms with Crippen LogP contribution in [0.2, 0.25) is 0 Å². The van der Waals surface area contributed by atoms with Crippen molar-refractivity contribution < 1.29 is 24.6 Å². The van der Waals surface area contributed by atoms with E-state index in [2.05, 4.69) is 5.32 Å². The standard InChI is InChI=1S/C11H19NO5/c1-6(2)7(3)10(15)12-8(11(16)17)4-5-9(13)14/h6-8H,4-5H2,1-3H3,(H,12,15)(H,13,14)(H,16,17)/t7-,8+/m1/s1. The lowest BCUT2D eigenvalue weighted by molar-refractivity contribution is -0.143. The van der Waals surface area contributed by atoms with Gasteiger partial charge in [0.2, 0.25) is 5.91 Å². The van der Waals surface area contributed by atoms with Crippen LogP contribution in [0, 0.1) is 11.8 Å². The number of amides is 1. The molecule has 0 aliphatic heterocycles. The van der Waals surface area contributed by atoms with Gasteiger partial charge in [0, 0.05) is 12.3 Å². The fourth-order valence-electron chi connectivity index (χ4n) is 1.13. The molecule has 0 aromatic rings. The zero-order valence-electron chi connectivity index (χ0n) is 10.3. The Morgan fingerprint density at radius 3 is 2.00 bits per heavy atom. The van der Waals surface area contributed by atoms with E-state index in [4.69, 9.17) is 10.2 Å². The third kappa shape index (κ3) is 5.89. The zero-order valence-corrected chi connectivity index (χ0v) is 10.3. The highest BCUT2D eigenvalue weighted by Gasteiger charge is 2.24. The number of hydrogen-bond donors (Lipinski definition) is 3. The van der Waals surface area contributed by atoms with Crippen molar-refractivity contribution in [3.8, 4) is 0 Å². The quantitative estimate of drug-likeness (QED) is 0.613. The molecule has 2 atom stereocenters. The number of carbonyl (C=O) groups excluding carboxylic acids is 1. The number of carboxylic acids is 2. The van der Waals surface area contributed by atoms with Crippen molar-refractivity contribution in [3.63, 3.8) is 0 Å². The predicted molar refractivity (Wildman–Crippen MR) is 60.4 cm³/mol. The van der Waals surface area contributed by atoms with Gasteiger partial charge < -0.3 is 15.5 Å². The van der Waals surface area contributed by atoms with Gasteiger partial charge in [-0.3, -0.25) is 9.59 Å². The summed E-state index contributed by atoms with van der Waals surface area (Å²) >= 11 is 0. The third-order valence-corrected chi connectivity index (χ3v) is 2.68. The first kappa shape index (κ1) is 15.4. The number of aliphatic carboxylic acids is 2. The topological polar surface area (TPSA) is 104 Å². The highest BCUT2D eigenvalue weighted by atomic mass is 16.4. The van der Waals surface area contributed by atoms with Crippen molar-refractivity contribution in [2.24, 2.45) is 11.8 Å². The Kier molecular flexibility index (Phi) is 6.23. The van der Waals surface area contributed by atoms with E-state index in [1.807, 2.05) is 13.8 Å². The molecule has 0 saturated carbocycles. The molecule has 0 rings (SSSR count). The summed E-state index contributed by atoms with van der Waals surface area (Å²) < 4.78 is 0. The van der Waals surface area contributed by atoms with Crippen molar-refractivity contribution in [1.29, 1.82) is 0 Å². The Labute approximate surface area is 100 Å². The summed E-state index contributed by atoms with van der Waals surface area (Å²) in [6.45, 7) is 5.42. The van der Waals surface area contributed by atoms with Crippen molar-refractivity contribution in [2.45, 2.75) is 39.7 Å². The Morgan fingerprint density at radius 2 is 1.65 bits per heavy atom. The maximum atomic E-state index is 11.6. The SMILES string of the molecule is CC(C)[C@@H](C)C(=O)N[C@@H](CCC(=O)O)C(=O)O. The van der Waals surface area contributed by atoms with Crippen LogP contribution >= 0.6 is 0 Å². The normalized spacial score (nSPS) is 14.1. The molecule has 6 nitrogen and oxygen atoms in total. The smallest absolute Gasteiger partial charge is 0.326 e. The van der Waals surface area contributed by atoms with E-state index in [1.165, 1.54) is 0 Å². The minimum Gasteiger partial charge on any atom is -0.481 e. The summed E-state index contributed by atoms with van der Waals surface area (Å²) in [6.07, 6.45) is -0.394. The molecule has 1 amide bonds. The molecule has 0 saturated heterocycles. The van der Waals surface area contributed by atoms with E-state index in [0.717, 1.165) is 0 Å². The minimum absolute atomic E-state index is 0.101. The summed E-state index contributed by atoms with van der Waals surface area (Å²) in [4.78, 5) is 32.8. The van der Waals surface area contributed by atoms with Crippen LogP contribution in [0.5, 0.6) is 0 Å². The molecule has 0 spiro atoms. The summed E-state index contributed by atoms with van der Waals surface area (Å²) in [5, 5.41) is 19.7. The van der Waals surface area contributed by atoms with Crippen molar-refractivity contribution in [1.82, 2.24) is 5.32 Å². The van der Waals surface area contributed by atoms with Gasteiger partial charge in [0.1, 0.15) is 6.04 Å². The molecule has 0 aliphatic rings. The van der Waals surface area contributed by atoms with Gasteiger partial charge in [-0.2, -0.15) is 0 Å². The average molecular weight is 245 g/mol. The van der Waals surface area contributed by atoms with E-state index in [9.17, 15) is 14.4 Å². The molecule has 98 valence electrons. The molecule has 0 bridgehead atoms. The number of carbonyl (C=O) groups is 3. The lowest BCUT2D eigenvalue weighted by atomic mass is 9.96. The molecule has 0 heterocycles. The molecular formula is C11H19NO5. The van der Waals surface area contributed by atoms with Gasteiger partial charge in [-0.1, -0.05) is 20.8 Å². The molecule has 17 heavy (non-hydrogen) atoms. The van der Waals surface area contributed by atoms with Crippen molar-refractivity contribution in [3.05, 3.63) is 0 Å². The molecular weight excluding hydrogens is 226 g/mol. The maximum absolute atomic E-state index is 11.6. The molecule has 0 aliphatic carbocycles. The van der Waals surface area contributed by atoms with Gasteiger partial charge in [0.05, 0.1) is 0 Å². The van der Waals surface area contributed by atoms with Crippen molar-refractivity contribution in [2.75, 3.05) is 0 Å². The van der Waals surface area contributed by atoms with Crippen LogP contribution in [0.3, 0.4) is 0 Å². The molecule has 3 N–H and O–H groups in total. The second-order valence-electron chi connectivity index (χ2n) is 4.36. The highest BCUT2D eigenvalue weighted by Crippen LogP contribution is 2.10. The molecule has 0 radical (unpaired) electrons. The first-order valence-electron chi connectivity index (χ1n) is 5.50. The van der Waals surface area contributed by atoms with Crippen LogP contribution in [0.4, 0.5) is 0 Å². The summed E-state index contributed by atoms with van der Waals surface area (Å²) in [5.41, 5.74) is 0.